The zero-order chi connectivity index (χ0) is 11.4. The van der Waals surface area contributed by atoms with Crippen LogP contribution in [0, 0.1) is 4.77 Å². The number of aromatic amines is 1. The number of hydrogen-bond acceptors (Lipinski definition) is 3. The van der Waals surface area contributed by atoms with Crippen molar-refractivity contribution in [2.75, 3.05) is 0 Å². The minimum atomic E-state index is -0.159. The molecule has 0 saturated heterocycles. The summed E-state index contributed by atoms with van der Waals surface area (Å²) in [4.78, 5) is 13.5. The molecule has 0 bridgehead atoms. The van der Waals surface area contributed by atoms with Gasteiger partial charge in [0.05, 0.1) is 0 Å². The number of nitrogens with one attached hydrogen (secondary N) is 1. The SMILES string of the molecule is O=c1ccn(CCCn2cccn2)c(=S)[nH]1. The van der Waals surface area contributed by atoms with Crippen molar-refractivity contribution < 1.29 is 0 Å². The molecule has 2 rings (SSSR count). The Bertz CT molecular complexity index is 555. The molecule has 2 aromatic heterocycles. The van der Waals surface area contributed by atoms with Crippen LogP contribution < -0.4 is 5.56 Å². The lowest BCUT2D eigenvalue weighted by Gasteiger charge is -2.05. The van der Waals surface area contributed by atoms with Gasteiger partial charge in [-0.1, -0.05) is 0 Å². The van der Waals surface area contributed by atoms with Crippen LogP contribution in [0.4, 0.5) is 0 Å². The highest BCUT2D eigenvalue weighted by molar-refractivity contribution is 7.71. The summed E-state index contributed by atoms with van der Waals surface area (Å²) in [5.41, 5.74) is -0.159. The summed E-state index contributed by atoms with van der Waals surface area (Å²) < 4.78 is 4.18. The fourth-order valence-corrected chi connectivity index (χ4v) is 1.71. The first-order chi connectivity index (χ1) is 7.75. The molecule has 0 unspecified atom stereocenters. The van der Waals surface area contributed by atoms with Crippen LogP contribution in [-0.2, 0) is 13.1 Å². The molecular formula is C10H12N4OS. The molecule has 2 aromatic rings. The van der Waals surface area contributed by atoms with Crippen LogP contribution in [0.2, 0.25) is 0 Å². The van der Waals surface area contributed by atoms with Crippen LogP contribution >= 0.6 is 12.2 Å². The number of rotatable bonds is 4. The van der Waals surface area contributed by atoms with Gasteiger partial charge in [-0.25, -0.2) is 0 Å². The van der Waals surface area contributed by atoms with Crippen molar-refractivity contribution in [2.24, 2.45) is 0 Å². The maximum Gasteiger partial charge on any atom is 0.251 e. The third-order valence-electron chi connectivity index (χ3n) is 2.24. The molecule has 0 fully saturated rings. The molecule has 0 radical (unpaired) electrons. The predicted octanol–water partition coefficient (Wildman–Crippen LogP) is 1.19. The second kappa shape index (κ2) is 4.89. The van der Waals surface area contributed by atoms with Gasteiger partial charge in [0.2, 0.25) is 0 Å². The molecule has 0 atom stereocenters. The van der Waals surface area contributed by atoms with Crippen molar-refractivity contribution in [2.45, 2.75) is 19.5 Å². The lowest BCUT2D eigenvalue weighted by atomic mass is 10.4. The molecule has 5 nitrogen and oxygen atoms in total. The first kappa shape index (κ1) is 10.8. The van der Waals surface area contributed by atoms with Gasteiger partial charge in [-0.15, -0.1) is 0 Å². The van der Waals surface area contributed by atoms with E-state index in [1.165, 1.54) is 6.07 Å². The molecule has 0 aliphatic heterocycles. The number of nitrogens with zero attached hydrogens (tertiary/aromatic N) is 3. The molecule has 2 heterocycles. The molecular weight excluding hydrogens is 224 g/mol. The van der Waals surface area contributed by atoms with Crippen LogP contribution in [0.15, 0.2) is 35.5 Å². The molecule has 0 aliphatic carbocycles. The monoisotopic (exact) mass is 236 g/mol. The van der Waals surface area contributed by atoms with E-state index in [0.717, 1.165) is 19.5 Å². The van der Waals surface area contributed by atoms with Gasteiger partial charge in [-0.3, -0.25) is 14.5 Å². The number of aryl methyl sites for hydroxylation is 2. The summed E-state index contributed by atoms with van der Waals surface area (Å²) in [6, 6.07) is 3.37. The van der Waals surface area contributed by atoms with E-state index in [9.17, 15) is 4.79 Å². The number of H-pyrrole nitrogens is 1. The van der Waals surface area contributed by atoms with E-state index in [2.05, 4.69) is 10.1 Å². The van der Waals surface area contributed by atoms with Crippen LogP contribution in [0.5, 0.6) is 0 Å². The van der Waals surface area contributed by atoms with Gasteiger partial charge >= 0.3 is 0 Å². The van der Waals surface area contributed by atoms with E-state index in [1.807, 2.05) is 21.5 Å². The minimum Gasteiger partial charge on any atom is -0.325 e. The van der Waals surface area contributed by atoms with Crippen LogP contribution in [-0.4, -0.2) is 19.3 Å². The Morgan fingerprint density at radius 2 is 2.25 bits per heavy atom. The summed E-state index contributed by atoms with van der Waals surface area (Å²) >= 11 is 5.04. The zero-order valence-corrected chi connectivity index (χ0v) is 9.48. The minimum absolute atomic E-state index is 0.159. The van der Waals surface area contributed by atoms with E-state index in [-0.39, 0.29) is 5.56 Å². The van der Waals surface area contributed by atoms with E-state index in [0.29, 0.717) is 4.77 Å². The second-order valence-corrected chi connectivity index (χ2v) is 3.81. The van der Waals surface area contributed by atoms with Crippen LogP contribution in [0.3, 0.4) is 0 Å². The van der Waals surface area contributed by atoms with E-state index < -0.39 is 0 Å². The fourth-order valence-electron chi connectivity index (χ4n) is 1.46. The zero-order valence-electron chi connectivity index (χ0n) is 8.67. The molecule has 6 heteroatoms. The third-order valence-corrected chi connectivity index (χ3v) is 2.58. The Morgan fingerprint density at radius 3 is 2.94 bits per heavy atom. The Hall–Kier alpha value is -1.69. The molecule has 0 spiro atoms. The third kappa shape index (κ3) is 2.66. The molecule has 0 amide bonds. The van der Waals surface area contributed by atoms with Crippen molar-refractivity contribution in [3.8, 4) is 0 Å². The number of hydrogen-bond donors (Lipinski definition) is 1. The topological polar surface area (TPSA) is 55.6 Å². The molecule has 0 aliphatic rings. The van der Waals surface area contributed by atoms with Crippen LogP contribution in [0.25, 0.3) is 0 Å². The van der Waals surface area contributed by atoms with Gasteiger partial charge in [-0.05, 0) is 24.7 Å². The predicted molar refractivity (Wildman–Crippen MR) is 62.7 cm³/mol. The van der Waals surface area contributed by atoms with Crippen molar-refractivity contribution >= 4 is 12.2 Å². The summed E-state index contributed by atoms with van der Waals surface area (Å²) in [7, 11) is 0. The van der Waals surface area contributed by atoms with Crippen molar-refractivity contribution in [3.05, 3.63) is 45.8 Å². The Balaban J connectivity index is 1.95. The normalized spacial score (nSPS) is 10.5. The Labute approximate surface area is 97.4 Å². The molecule has 84 valence electrons. The maximum atomic E-state index is 11.0. The summed E-state index contributed by atoms with van der Waals surface area (Å²) in [6.45, 7) is 1.61. The Morgan fingerprint density at radius 1 is 1.38 bits per heavy atom. The number of aromatic nitrogens is 4. The molecule has 16 heavy (non-hydrogen) atoms. The van der Waals surface area contributed by atoms with Gasteiger partial charge < -0.3 is 4.57 Å². The fraction of sp³-hybridized carbons (Fsp3) is 0.300. The highest BCUT2D eigenvalue weighted by atomic mass is 32.1. The van der Waals surface area contributed by atoms with Gasteiger partial charge in [0.1, 0.15) is 0 Å². The van der Waals surface area contributed by atoms with Gasteiger partial charge in [0.25, 0.3) is 5.56 Å². The standard InChI is InChI=1S/C10H12N4OS/c15-9-3-8-13(10(16)12-9)5-2-7-14-6-1-4-11-14/h1,3-4,6,8H,2,5,7H2,(H,12,15,16). The highest BCUT2D eigenvalue weighted by Gasteiger charge is 1.94. The highest BCUT2D eigenvalue weighted by Crippen LogP contribution is 1.94. The molecule has 1 N–H and O–H groups in total. The van der Waals surface area contributed by atoms with Crippen molar-refractivity contribution in [1.82, 2.24) is 19.3 Å². The Kier molecular flexibility index (Phi) is 3.31. The smallest absolute Gasteiger partial charge is 0.251 e. The largest absolute Gasteiger partial charge is 0.325 e. The lowest BCUT2D eigenvalue weighted by Crippen LogP contribution is -2.12. The summed E-state index contributed by atoms with van der Waals surface area (Å²) in [5, 5.41) is 4.11. The quantitative estimate of drug-likeness (QED) is 0.811. The van der Waals surface area contributed by atoms with Crippen LogP contribution in [0.1, 0.15) is 6.42 Å². The van der Waals surface area contributed by atoms with E-state index in [4.69, 9.17) is 12.2 Å². The molecule has 0 saturated carbocycles. The lowest BCUT2D eigenvalue weighted by molar-refractivity contribution is 0.518. The first-order valence-corrected chi connectivity index (χ1v) is 5.44. The molecule has 0 aromatic carbocycles. The second-order valence-electron chi connectivity index (χ2n) is 3.43. The van der Waals surface area contributed by atoms with Gasteiger partial charge in [-0.2, -0.15) is 5.10 Å². The summed E-state index contributed by atoms with van der Waals surface area (Å²) in [5.74, 6) is 0. The van der Waals surface area contributed by atoms with Gasteiger partial charge in [0.15, 0.2) is 4.77 Å². The first-order valence-electron chi connectivity index (χ1n) is 5.03. The van der Waals surface area contributed by atoms with Gasteiger partial charge in [0, 0.05) is 37.7 Å². The van der Waals surface area contributed by atoms with Crippen molar-refractivity contribution in [3.63, 3.8) is 0 Å². The average molecular weight is 236 g/mol. The van der Waals surface area contributed by atoms with Crippen molar-refractivity contribution in [1.29, 1.82) is 0 Å². The van der Waals surface area contributed by atoms with E-state index in [1.54, 1.807) is 12.4 Å². The maximum absolute atomic E-state index is 11.0. The van der Waals surface area contributed by atoms with E-state index >= 15 is 0 Å². The average Bonchev–Trinajstić information content (AvgIpc) is 2.74. The summed E-state index contributed by atoms with van der Waals surface area (Å²) in [6.07, 6.45) is 6.31.